The van der Waals surface area contributed by atoms with Crippen LogP contribution in [0.2, 0.25) is 0 Å². The van der Waals surface area contributed by atoms with Gasteiger partial charge in [0.25, 0.3) is 0 Å². The van der Waals surface area contributed by atoms with E-state index in [0.29, 0.717) is 6.61 Å². The zero-order valence-electron chi connectivity index (χ0n) is 10.2. The van der Waals surface area contributed by atoms with E-state index in [9.17, 15) is 9.46 Å². The highest BCUT2D eigenvalue weighted by atomic mass is 31.2. The average molecular weight is 250 g/mol. The Bertz CT molecular complexity index is 242. The van der Waals surface area contributed by atoms with Crippen molar-refractivity contribution >= 4 is 7.82 Å². The quantitative estimate of drug-likeness (QED) is 0.724. The molecule has 0 saturated carbocycles. The lowest BCUT2D eigenvalue weighted by Gasteiger charge is -2.23. The molecule has 0 aliphatic carbocycles. The zero-order chi connectivity index (χ0) is 12.0. The second kappa shape index (κ2) is 6.75. The van der Waals surface area contributed by atoms with Crippen molar-refractivity contribution in [2.75, 3.05) is 6.61 Å². The molecule has 1 N–H and O–H groups in total. The maximum atomic E-state index is 11.6. The largest absolute Gasteiger partial charge is 0.472 e. The molecule has 2 atom stereocenters. The maximum absolute atomic E-state index is 11.6. The molecule has 5 heteroatoms. The molecule has 1 rings (SSSR count). The van der Waals surface area contributed by atoms with Gasteiger partial charge in [-0.3, -0.25) is 9.05 Å². The molecule has 4 nitrogen and oxygen atoms in total. The minimum absolute atomic E-state index is 0.172. The van der Waals surface area contributed by atoms with Crippen molar-refractivity contribution in [1.82, 2.24) is 0 Å². The zero-order valence-corrected chi connectivity index (χ0v) is 11.1. The molecule has 0 aromatic heterocycles. The fourth-order valence-corrected chi connectivity index (χ4v) is 2.98. The Morgan fingerprint density at radius 3 is 2.50 bits per heavy atom. The number of hydrogen-bond acceptors (Lipinski definition) is 3. The van der Waals surface area contributed by atoms with Gasteiger partial charge in [0.1, 0.15) is 0 Å². The van der Waals surface area contributed by atoms with Gasteiger partial charge in [-0.15, -0.1) is 0 Å². The molecule has 1 saturated heterocycles. The van der Waals surface area contributed by atoms with Gasteiger partial charge in [-0.05, 0) is 18.8 Å². The first kappa shape index (κ1) is 14.2. The Balaban J connectivity index is 2.58. The summed E-state index contributed by atoms with van der Waals surface area (Å²) in [6.07, 6.45) is 5.96. The van der Waals surface area contributed by atoms with Gasteiger partial charge in [0, 0.05) is 0 Å². The van der Waals surface area contributed by atoms with E-state index in [4.69, 9.17) is 9.05 Å². The molecule has 96 valence electrons. The molecule has 1 aliphatic rings. The molecule has 1 aliphatic heterocycles. The molecular formula is C11H23O4P. The van der Waals surface area contributed by atoms with E-state index in [-0.39, 0.29) is 12.0 Å². The van der Waals surface area contributed by atoms with Crippen molar-refractivity contribution in [3.05, 3.63) is 0 Å². The Morgan fingerprint density at radius 1 is 1.19 bits per heavy atom. The van der Waals surface area contributed by atoms with Gasteiger partial charge in [-0.2, -0.15) is 0 Å². The van der Waals surface area contributed by atoms with Crippen LogP contribution >= 0.6 is 7.82 Å². The smallest absolute Gasteiger partial charge is 0.302 e. The van der Waals surface area contributed by atoms with Crippen molar-refractivity contribution in [3.8, 4) is 0 Å². The summed E-state index contributed by atoms with van der Waals surface area (Å²) in [5, 5.41) is 0. The Morgan fingerprint density at radius 2 is 1.81 bits per heavy atom. The van der Waals surface area contributed by atoms with Crippen LogP contribution in [-0.2, 0) is 13.6 Å². The van der Waals surface area contributed by atoms with Crippen molar-refractivity contribution in [2.45, 2.75) is 58.5 Å². The third kappa shape index (κ3) is 5.44. The number of phosphoric ester groups is 1. The van der Waals surface area contributed by atoms with E-state index in [0.717, 1.165) is 25.7 Å². The Kier molecular flexibility index (Phi) is 5.98. The summed E-state index contributed by atoms with van der Waals surface area (Å²) >= 11 is 0. The molecular weight excluding hydrogens is 227 g/mol. The van der Waals surface area contributed by atoms with E-state index in [2.05, 4.69) is 0 Å². The number of hydrogen-bond donors (Lipinski definition) is 1. The first-order chi connectivity index (χ1) is 7.51. The normalized spacial score (nSPS) is 34.6. The van der Waals surface area contributed by atoms with Gasteiger partial charge in [0.15, 0.2) is 0 Å². The van der Waals surface area contributed by atoms with Gasteiger partial charge in [0.05, 0.1) is 12.7 Å². The monoisotopic (exact) mass is 250 g/mol. The summed E-state index contributed by atoms with van der Waals surface area (Å²) in [7, 11) is -3.83. The van der Waals surface area contributed by atoms with Crippen LogP contribution in [0.4, 0.5) is 0 Å². The second-order valence-corrected chi connectivity index (χ2v) is 6.15. The summed E-state index contributed by atoms with van der Waals surface area (Å²) in [6, 6.07) is 0. The van der Waals surface area contributed by atoms with Crippen molar-refractivity contribution in [1.29, 1.82) is 0 Å². The number of rotatable bonds is 1. The summed E-state index contributed by atoms with van der Waals surface area (Å²) in [6.45, 7) is 4.33. The lowest BCUT2D eigenvalue weighted by Crippen LogP contribution is -2.19. The van der Waals surface area contributed by atoms with Crippen LogP contribution < -0.4 is 0 Å². The molecule has 0 amide bonds. The van der Waals surface area contributed by atoms with Crippen molar-refractivity contribution in [3.63, 3.8) is 0 Å². The standard InChI is InChI=1S/C11H23O4P/c1-10(2)11-8-6-4-3-5-7-9-14-16(12,13)15-11/h10-11H,3-9H2,1-2H3,(H,12,13). The van der Waals surface area contributed by atoms with E-state index in [1.165, 1.54) is 12.8 Å². The van der Waals surface area contributed by atoms with Crippen molar-refractivity contribution in [2.24, 2.45) is 5.92 Å². The predicted octanol–water partition coefficient (Wildman–Crippen LogP) is 3.50. The van der Waals surface area contributed by atoms with E-state index in [1.54, 1.807) is 0 Å². The van der Waals surface area contributed by atoms with Crippen LogP contribution in [0.15, 0.2) is 0 Å². The molecule has 1 heterocycles. The van der Waals surface area contributed by atoms with Gasteiger partial charge < -0.3 is 4.89 Å². The minimum Gasteiger partial charge on any atom is -0.302 e. The lowest BCUT2D eigenvalue weighted by molar-refractivity contribution is 0.0731. The molecule has 0 spiro atoms. The molecule has 16 heavy (non-hydrogen) atoms. The third-order valence-corrected chi connectivity index (χ3v) is 3.95. The summed E-state index contributed by atoms with van der Waals surface area (Å²) in [4.78, 5) is 9.52. The molecule has 0 bridgehead atoms. The maximum Gasteiger partial charge on any atom is 0.472 e. The van der Waals surface area contributed by atoms with Gasteiger partial charge >= 0.3 is 7.82 Å². The topological polar surface area (TPSA) is 55.8 Å². The first-order valence-electron chi connectivity index (χ1n) is 6.17. The average Bonchev–Trinajstić information content (AvgIpc) is 2.22. The second-order valence-electron chi connectivity index (χ2n) is 4.75. The number of phosphoric acid groups is 1. The van der Waals surface area contributed by atoms with Crippen LogP contribution in [0.3, 0.4) is 0 Å². The third-order valence-electron chi connectivity index (χ3n) is 2.90. The molecule has 0 radical (unpaired) electrons. The lowest BCUT2D eigenvalue weighted by atomic mass is 10.0. The fraction of sp³-hybridized carbons (Fsp3) is 1.00. The van der Waals surface area contributed by atoms with Crippen molar-refractivity contribution < 1.29 is 18.5 Å². The Hall–Kier alpha value is 0.110. The van der Waals surface area contributed by atoms with E-state index >= 15 is 0 Å². The summed E-state index contributed by atoms with van der Waals surface area (Å²) in [5.74, 6) is 0.241. The van der Waals surface area contributed by atoms with Gasteiger partial charge in [-0.1, -0.05) is 39.5 Å². The van der Waals surface area contributed by atoms with Gasteiger partial charge in [0.2, 0.25) is 0 Å². The van der Waals surface area contributed by atoms with Crippen LogP contribution in [-0.4, -0.2) is 17.6 Å². The molecule has 0 aromatic rings. The summed E-state index contributed by atoms with van der Waals surface area (Å²) < 4.78 is 21.8. The highest BCUT2D eigenvalue weighted by Gasteiger charge is 2.28. The fourth-order valence-electron chi connectivity index (χ4n) is 1.87. The SMILES string of the molecule is CC(C)C1CCCCCCCOP(=O)(O)O1. The predicted molar refractivity (Wildman–Crippen MR) is 63.2 cm³/mol. The minimum atomic E-state index is -3.83. The van der Waals surface area contributed by atoms with Crippen LogP contribution in [0, 0.1) is 5.92 Å². The molecule has 0 aromatic carbocycles. The van der Waals surface area contributed by atoms with Crippen LogP contribution in [0.5, 0.6) is 0 Å². The highest BCUT2D eigenvalue weighted by Crippen LogP contribution is 2.46. The van der Waals surface area contributed by atoms with Crippen LogP contribution in [0.25, 0.3) is 0 Å². The first-order valence-corrected chi connectivity index (χ1v) is 7.66. The van der Waals surface area contributed by atoms with E-state index < -0.39 is 7.82 Å². The molecule has 1 fully saturated rings. The Labute approximate surface area is 98.0 Å². The summed E-state index contributed by atoms with van der Waals surface area (Å²) in [5.41, 5.74) is 0. The molecule has 2 unspecified atom stereocenters. The van der Waals surface area contributed by atoms with Crippen LogP contribution in [0.1, 0.15) is 52.4 Å². The highest BCUT2D eigenvalue weighted by molar-refractivity contribution is 7.47. The van der Waals surface area contributed by atoms with Gasteiger partial charge in [-0.25, -0.2) is 4.57 Å². The van der Waals surface area contributed by atoms with E-state index in [1.807, 2.05) is 13.8 Å².